The van der Waals surface area contributed by atoms with Gasteiger partial charge in [-0.3, -0.25) is 9.69 Å². The van der Waals surface area contributed by atoms with Gasteiger partial charge in [-0.2, -0.15) is 0 Å². The molecular formula is C8H16N2O2. The molecule has 0 saturated carbocycles. The van der Waals surface area contributed by atoms with Crippen molar-refractivity contribution in [3.63, 3.8) is 0 Å². The second-order valence-corrected chi connectivity index (χ2v) is 3.21. The normalized spacial score (nSPS) is 10.2. The summed E-state index contributed by atoms with van der Waals surface area (Å²) in [5.41, 5.74) is 0. The number of hydrogen-bond acceptors (Lipinski definition) is 2. The lowest BCUT2D eigenvalue weighted by Gasteiger charge is -2.21. The van der Waals surface area contributed by atoms with Crippen LogP contribution in [0.25, 0.3) is 0 Å². The van der Waals surface area contributed by atoms with E-state index >= 15 is 0 Å². The van der Waals surface area contributed by atoms with Gasteiger partial charge >= 0.3 is 6.03 Å². The quantitative estimate of drug-likeness (QED) is 0.645. The van der Waals surface area contributed by atoms with Crippen molar-refractivity contribution in [2.24, 2.45) is 0 Å². The highest BCUT2D eigenvalue weighted by Crippen LogP contribution is 1.95. The Bertz CT molecular complexity index is 166. The van der Waals surface area contributed by atoms with Crippen LogP contribution >= 0.6 is 0 Å². The molecule has 0 bridgehead atoms. The van der Waals surface area contributed by atoms with Crippen LogP contribution in [0.1, 0.15) is 27.7 Å². The summed E-state index contributed by atoms with van der Waals surface area (Å²) in [5.74, 6) is 0. The van der Waals surface area contributed by atoms with Crippen LogP contribution in [0.2, 0.25) is 0 Å². The number of amides is 3. The van der Waals surface area contributed by atoms with E-state index in [0.717, 1.165) is 4.90 Å². The first-order valence-corrected chi connectivity index (χ1v) is 4.03. The third-order valence-corrected chi connectivity index (χ3v) is 1.32. The Morgan fingerprint density at radius 2 is 1.83 bits per heavy atom. The molecule has 4 heteroatoms. The van der Waals surface area contributed by atoms with Crippen molar-refractivity contribution in [3.8, 4) is 0 Å². The van der Waals surface area contributed by atoms with Gasteiger partial charge in [0, 0.05) is 12.1 Å². The molecule has 4 nitrogen and oxygen atoms in total. The van der Waals surface area contributed by atoms with Crippen molar-refractivity contribution in [1.82, 2.24) is 10.2 Å². The highest BCUT2D eigenvalue weighted by atomic mass is 16.2. The number of carbonyl (C=O) groups is 2. The van der Waals surface area contributed by atoms with Gasteiger partial charge in [0.2, 0.25) is 6.41 Å². The van der Waals surface area contributed by atoms with Crippen molar-refractivity contribution in [2.45, 2.75) is 39.8 Å². The maximum atomic E-state index is 11.2. The fourth-order valence-electron chi connectivity index (χ4n) is 0.726. The highest BCUT2D eigenvalue weighted by Gasteiger charge is 2.15. The van der Waals surface area contributed by atoms with Gasteiger partial charge in [-0.05, 0) is 27.7 Å². The summed E-state index contributed by atoms with van der Waals surface area (Å²) in [6, 6.07) is -0.380. The second kappa shape index (κ2) is 4.74. The summed E-state index contributed by atoms with van der Waals surface area (Å²) in [6.45, 7) is 7.27. The van der Waals surface area contributed by atoms with E-state index in [2.05, 4.69) is 5.32 Å². The summed E-state index contributed by atoms with van der Waals surface area (Å²) in [6.07, 6.45) is 0.544. The SMILES string of the molecule is CC(C)NC(=O)N(C=O)C(C)C. The fourth-order valence-corrected chi connectivity index (χ4v) is 0.726. The number of carbonyl (C=O) groups excluding carboxylic acids is 2. The Morgan fingerprint density at radius 3 is 2.08 bits per heavy atom. The summed E-state index contributed by atoms with van der Waals surface area (Å²) >= 11 is 0. The zero-order valence-corrected chi connectivity index (χ0v) is 8.00. The first-order chi connectivity index (χ1) is 5.49. The molecule has 0 aliphatic carbocycles. The van der Waals surface area contributed by atoms with E-state index < -0.39 is 0 Å². The standard InChI is InChI=1S/C8H16N2O2/c1-6(2)9-8(12)10(5-11)7(3)4/h5-7H,1-4H3,(H,9,12). The lowest BCUT2D eigenvalue weighted by Crippen LogP contribution is -2.45. The Hall–Kier alpha value is -1.06. The van der Waals surface area contributed by atoms with Gasteiger partial charge < -0.3 is 5.32 Å². The first-order valence-electron chi connectivity index (χ1n) is 4.03. The van der Waals surface area contributed by atoms with Crippen molar-refractivity contribution in [3.05, 3.63) is 0 Å². The minimum atomic E-state index is -0.338. The van der Waals surface area contributed by atoms with E-state index in [4.69, 9.17) is 0 Å². The third-order valence-electron chi connectivity index (χ3n) is 1.32. The van der Waals surface area contributed by atoms with Gasteiger partial charge in [0.1, 0.15) is 0 Å². The van der Waals surface area contributed by atoms with Crippen molar-refractivity contribution < 1.29 is 9.59 Å². The first kappa shape index (κ1) is 10.9. The highest BCUT2D eigenvalue weighted by molar-refractivity contribution is 5.85. The minimum absolute atomic E-state index is 0.0544. The fraction of sp³-hybridized carbons (Fsp3) is 0.750. The van der Waals surface area contributed by atoms with Crippen LogP contribution in [0, 0.1) is 0 Å². The second-order valence-electron chi connectivity index (χ2n) is 3.21. The Morgan fingerprint density at radius 1 is 1.33 bits per heavy atom. The van der Waals surface area contributed by atoms with Gasteiger partial charge in [0.05, 0.1) is 0 Å². The molecule has 0 aromatic heterocycles. The molecule has 0 aliphatic rings. The lowest BCUT2D eigenvalue weighted by atomic mass is 10.3. The van der Waals surface area contributed by atoms with Crippen molar-refractivity contribution >= 4 is 12.4 Å². The monoisotopic (exact) mass is 172 g/mol. The molecular weight excluding hydrogens is 156 g/mol. The van der Waals surface area contributed by atoms with Gasteiger partial charge in [0.25, 0.3) is 0 Å². The summed E-state index contributed by atoms with van der Waals surface area (Å²) < 4.78 is 0. The lowest BCUT2D eigenvalue weighted by molar-refractivity contribution is -0.116. The van der Waals surface area contributed by atoms with Crippen molar-refractivity contribution in [2.75, 3.05) is 0 Å². The largest absolute Gasteiger partial charge is 0.335 e. The molecule has 0 heterocycles. The third kappa shape index (κ3) is 3.37. The van der Waals surface area contributed by atoms with Gasteiger partial charge in [-0.1, -0.05) is 0 Å². The summed E-state index contributed by atoms with van der Waals surface area (Å²) in [5, 5.41) is 2.63. The molecule has 12 heavy (non-hydrogen) atoms. The van der Waals surface area contributed by atoms with Crippen LogP contribution in [0.4, 0.5) is 4.79 Å². The van der Waals surface area contributed by atoms with Crippen LogP contribution in [0.3, 0.4) is 0 Å². The van der Waals surface area contributed by atoms with Gasteiger partial charge in [-0.25, -0.2) is 4.79 Å². The zero-order chi connectivity index (χ0) is 9.72. The molecule has 0 saturated heterocycles. The van der Waals surface area contributed by atoms with Crippen LogP contribution in [0.15, 0.2) is 0 Å². The number of nitrogens with zero attached hydrogens (tertiary/aromatic N) is 1. The van der Waals surface area contributed by atoms with Crippen LogP contribution in [0.5, 0.6) is 0 Å². The van der Waals surface area contributed by atoms with E-state index in [1.807, 2.05) is 13.8 Å². The van der Waals surface area contributed by atoms with E-state index in [-0.39, 0.29) is 18.1 Å². The average molecular weight is 172 g/mol. The molecule has 0 radical (unpaired) electrons. The molecule has 0 aromatic rings. The topological polar surface area (TPSA) is 49.4 Å². The molecule has 0 aliphatic heterocycles. The van der Waals surface area contributed by atoms with Gasteiger partial charge in [0.15, 0.2) is 0 Å². The molecule has 0 spiro atoms. The van der Waals surface area contributed by atoms with E-state index in [9.17, 15) is 9.59 Å². The molecule has 0 aromatic carbocycles. The summed E-state index contributed by atoms with van der Waals surface area (Å²) in [7, 11) is 0. The number of hydrogen-bond donors (Lipinski definition) is 1. The van der Waals surface area contributed by atoms with Crippen LogP contribution in [-0.4, -0.2) is 29.4 Å². The number of rotatable bonds is 3. The molecule has 3 amide bonds. The Labute approximate surface area is 72.9 Å². The Balaban J connectivity index is 4.13. The number of nitrogens with one attached hydrogen (secondary N) is 1. The predicted octanol–water partition coefficient (Wildman–Crippen LogP) is 0.971. The number of imide groups is 1. The molecule has 0 unspecified atom stereocenters. The maximum Gasteiger partial charge on any atom is 0.324 e. The minimum Gasteiger partial charge on any atom is -0.335 e. The number of urea groups is 1. The van der Waals surface area contributed by atoms with Crippen molar-refractivity contribution in [1.29, 1.82) is 0 Å². The average Bonchev–Trinajstić information content (AvgIpc) is 1.85. The summed E-state index contributed by atoms with van der Waals surface area (Å²) in [4.78, 5) is 22.8. The van der Waals surface area contributed by atoms with E-state index in [1.54, 1.807) is 13.8 Å². The Kier molecular flexibility index (Phi) is 4.33. The molecule has 70 valence electrons. The maximum absolute atomic E-state index is 11.2. The molecule has 0 rings (SSSR count). The van der Waals surface area contributed by atoms with Crippen LogP contribution < -0.4 is 5.32 Å². The van der Waals surface area contributed by atoms with Gasteiger partial charge in [-0.15, -0.1) is 0 Å². The molecule has 0 fully saturated rings. The van der Waals surface area contributed by atoms with Crippen LogP contribution in [-0.2, 0) is 4.79 Å². The predicted molar refractivity (Wildman–Crippen MR) is 46.7 cm³/mol. The zero-order valence-electron chi connectivity index (χ0n) is 8.00. The molecule has 0 atom stereocenters. The van der Waals surface area contributed by atoms with E-state index in [1.165, 1.54) is 0 Å². The smallest absolute Gasteiger partial charge is 0.324 e. The van der Waals surface area contributed by atoms with E-state index in [0.29, 0.717) is 6.41 Å². The molecule has 1 N–H and O–H groups in total.